The molecule has 3 amide bonds. The number of primary amides is 1. The molecule has 120 valence electrons. The average molecular weight is 303 g/mol. The van der Waals surface area contributed by atoms with Crippen LogP contribution in [-0.2, 0) is 19.1 Å². The van der Waals surface area contributed by atoms with Crippen molar-refractivity contribution < 1.29 is 29.0 Å². The number of carbonyl (C=O) groups is 4. The van der Waals surface area contributed by atoms with Gasteiger partial charge in [-0.05, 0) is 12.3 Å². The van der Waals surface area contributed by atoms with E-state index in [2.05, 4.69) is 15.4 Å². The molecule has 2 unspecified atom stereocenters. The minimum absolute atomic E-state index is 0.107. The highest BCUT2D eigenvalue weighted by molar-refractivity contribution is 5.89. The number of nitrogens with two attached hydrogens (primary N) is 1. The number of hydrogen-bond donors (Lipinski definition) is 4. The topological polar surface area (TPSA) is 148 Å². The number of esters is 1. The Kier molecular flexibility index (Phi) is 7.80. The van der Waals surface area contributed by atoms with Crippen LogP contribution in [0.15, 0.2) is 0 Å². The summed E-state index contributed by atoms with van der Waals surface area (Å²) in [4.78, 5) is 44.8. The normalized spacial score (nSPS) is 13.1. The van der Waals surface area contributed by atoms with Crippen LogP contribution in [0.2, 0.25) is 0 Å². The highest BCUT2D eigenvalue weighted by atomic mass is 16.5. The zero-order valence-corrected chi connectivity index (χ0v) is 12.2. The predicted molar refractivity (Wildman–Crippen MR) is 72.2 cm³/mol. The summed E-state index contributed by atoms with van der Waals surface area (Å²) in [6.07, 6.45) is -0.219. The lowest BCUT2D eigenvalue weighted by atomic mass is 10.0. The molecule has 9 nitrogen and oxygen atoms in total. The van der Waals surface area contributed by atoms with Crippen molar-refractivity contribution in [2.24, 2.45) is 11.7 Å². The van der Waals surface area contributed by atoms with Crippen molar-refractivity contribution >= 4 is 23.9 Å². The van der Waals surface area contributed by atoms with Gasteiger partial charge in [-0.1, -0.05) is 13.8 Å². The zero-order chi connectivity index (χ0) is 16.6. The molecule has 0 bridgehead atoms. The number of rotatable bonds is 8. The maximum Gasteiger partial charge on any atom is 0.328 e. The molecule has 0 radical (unpaired) electrons. The monoisotopic (exact) mass is 303 g/mol. The van der Waals surface area contributed by atoms with E-state index in [1.165, 1.54) is 7.11 Å². The van der Waals surface area contributed by atoms with Crippen LogP contribution in [0, 0.1) is 5.92 Å². The van der Waals surface area contributed by atoms with E-state index in [0.29, 0.717) is 6.42 Å². The Labute approximate surface area is 122 Å². The second-order valence-corrected chi connectivity index (χ2v) is 4.88. The highest BCUT2D eigenvalue weighted by Crippen LogP contribution is 2.06. The lowest BCUT2D eigenvalue weighted by Gasteiger charge is -2.20. The van der Waals surface area contributed by atoms with Gasteiger partial charge in [-0.15, -0.1) is 0 Å². The molecular formula is C12H21N3O6. The summed E-state index contributed by atoms with van der Waals surface area (Å²) in [5, 5.41) is 13.3. The van der Waals surface area contributed by atoms with E-state index in [1.807, 2.05) is 13.8 Å². The fourth-order valence-corrected chi connectivity index (χ4v) is 1.59. The van der Waals surface area contributed by atoms with Gasteiger partial charge in [0, 0.05) is 0 Å². The van der Waals surface area contributed by atoms with Gasteiger partial charge in [-0.25, -0.2) is 14.4 Å². The van der Waals surface area contributed by atoms with E-state index in [4.69, 9.17) is 10.8 Å². The smallest absolute Gasteiger partial charge is 0.328 e. The van der Waals surface area contributed by atoms with Crippen LogP contribution in [0.1, 0.15) is 26.7 Å². The third-order valence-corrected chi connectivity index (χ3v) is 2.51. The molecular weight excluding hydrogens is 282 g/mol. The molecule has 0 aliphatic carbocycles. The van der Waals surface area contributed by atoms with Gasteiger partial charge in [-0.3, -0.25) is 4.79 Å². The number of carbonyl (C=O) groups excluding carboxylic acids is 3. The number of carboxylic acid groups (broad SMARTS) is 1. The molecule has 0 saturated heterocycles. The number of urea groups is 1. The molecule has 0 aromatic carbocycles. The van der Waals surface area contributed by atoms with E-state index in [0.717, 1.165) is 0 Å². The van der Waals surface area contributed by atoms with Crippen molar-refractivity contribution in [2.75, 3.05) is 7.11 Å². The SMILES string of the molecule is COC(=O)C(CC(C)C)NC(=O)NC(CC(N)=O)C(=O)O. The first kappa shape index (κ1) is 18.7. The predicted octanol–water partition coefficient (Wildman–Crippen LogP) is -0.798. The van der Waals surface area contributed by atoms with Gasteiger partial charge in [0.1, 0.15) is 12.1 Å². The highest BCUT2D eigenvalue weighted by Gasteiger charge is 2.26. The molecule has 0 saturated carbocycles. The zero-order valence-electron chi connectivity index (χ0n) is 12.2. The first-order valence-corrected chi connectivity index (χ1v) is 6.33. The van der Waals surface area contributed by atoms with Crippen molar-refractivity contribution in [1.29, 1.82) is 0 Å². The van der Waals surface area contributed by atoms with E-state index in [-0.39, 0.29) is 5.92 Å². The summed E-state index contributed by atoms with van der Waals surface area (Å²) in [5.41, 5.74) is 4.90. The maximum absolute atomic E-state index is 11.7. The van der Waals surface area contributed by atoms with Crippen molar-refractivity contribution in [1.82, 2.24) is 10.6 Å². The van der Waals surface area contributed by atoms with Gasteiger partial charge in [0.2, 0.25) is 5.91 Å². The molecule has 0 aliphatic heterocycles. The Morgan fingerprint density at radius 3 is 2.05 bits per heavy atom. The number of amides is 3. The van der Waals surface area contributed by atoms with Crippen LogP contribution in [-0.4, -0.2) is 48.2 Å². The minimum Gasteiger partial charge on any atom is -0.480 e. The molecule has 0 aliphatic rings. The fraction of sp³-hybridized carbons (Fsp3) is 0.667. The van der Waals surface area contributed by atoms with Gasteiger partial charge in [0.05, 0.1) is 13.5 Å². The second-order valence-electron chi connectivity index (χ2n) is 4.88. The number of hydrogen-bond acceptors (Lipinski definition) is 5. The summed E-state index contributed by atoms with van der Waals surface area (Å²) in [5.74, 6) is -2.80. The van der Waals surface area contributed by atoms with Gasteiger partial charge in [0.15, 0.2) is 0 Å². The van der Waals surface area contributed by atoms with Crippen molar-refractivity contribution in [3.05, 3.63) is 0 Å². The average Bonchev–Trinajstić information content (AvgIpc) is 2.34. The van der Waals surface area contributed by atoms with Crippen LogP contribution >= 0.6 is 0 Å². The van der Waals surface area contributed by atoms with Crippen LogP contribution < -0.4 is 16.4 Å². The third-order valence-electron chi connectivity index (χ3n) is 2.51. The van der Waals surface area contributed by atoms with Crippen LogP contribution in [0.3, 0.4) is 0 Å². The molecule has 0 heterocycles. The second kappa shape index (κ2) is 8.77. The minimum atomic E-state index is -1.46. The van der Waals surface area contributed by atoms with E-state index >= 15 is 0 Å². The lowest BCUT2D eigenvalue weighted by Crippen LogP contribution is -2.52. The van der Waals surface area contributed by atoms with Crippen molar-refractivity contribution in [3.8, 4) is 0 Å². The Morgan fingerprint density at radius 2 is 1.67 bits per heavy atom. The van der Waals surface area contributed by atoms with Gasteiger partial charge in [-0.2, -0.15) is 0 Å². The maximum atomic E-state index is 11.7. The molecule has 2 atom stereocenters. The molecule has 5 N–H and O–H groups in total. The first-order chi connectivity index (χ1) is 9.67. The molecule has 0 spiro atoms. The molecule has 0 aromatic heterocycles. The standard InChI is InChI=1S/C12H21N3O6/c1-6(2)4-8(11(19)21-3)15-12(20)14-7(10(17)18)5-9(13)16/h6-8H,4-5H2,1-3H3,(H2,13,16)(H,17,18)(H2,14,15,20). The van der Waals surface area contributed by atoms with Gasteiger partial charge in [0.25, 0.3) is 0 Å². The Bertz CT molecular complexity index is 410. The third kappa shape index (κ3) is 7.75. The van der Waals surface area contributed by atoms with Crippen LogP contribution in [0.4, 0.5) is 4.79 Å². The summed E-state index contributed by atoms with van der Waals surface area (Å²) >= 11 is 0. The summed E-state index contributed by atoms with van der Waals surface area (Å²) in [7, 11) is 1.18. The van der Waals surface area contributed by atoms with Gasteiger partial charge >= 0.3 is 18.0 Å². The first-order valence-electron chi connectivity index (χ1n) is 6.33. The van der Waals surface area contributed by atoms with Crippen molar-refractivity contribution in [2.45, 2.75) is 38.8 Å². The number of ether oxygens (including phenoxy) is 1. The number of carboxylic acids is 1. The number of nitrogens with one attached hydrogen (secondary N) is 2. The Hall–Kier alpha value is -2.32. The Balaban J connectivity index is 4.70. The van der Waals surface area contributed by atoms with E-state index < -0.39 is 42.4 Å². The number of aliphatic carboxylic acids is 1. The van der Waals surface area contributed by atoms with E-state index in [1.54, 1.807) is 0 Å². The largest absolute Gasteiger partial charge is 0.480 e. The van der Waals surface area contributed by atoms with Crippen LogP contribution in [0.25, 0.3) is 0 Å². The summed E-state index contributed by atoms with van der Waals surface area (Å²) in [6, 6.07) is -3.25. The fourth-order valence-electron chi connectivity index (χ4n) is 1.59. The molecule has 9 heteroatoms. The summed E-state index contributed by atoms with van der Waals surface area (Å²) in [6.45, 7) is 3.70. The Morgan fingerprint density at radius 1 is 1.14 bits per heavy atom. The number of methoxy groups -OCH3 is 1. The lowest BCUT2D eigenvalue weighted by molar-refractivity contribution is -0.143. The van der Waals surface area contributed by atoms with Crippen LogP contribution in [0.5, 0.6) is 0 Å². The van der Waals surface area contributed by atoms with E-state index in [9.17, 15) is 19.2 Å². The summed E-state index contributed by atoms with van der Waals surface area (Å²) < 4.78 is 4.56. The van der Waals surface area contributed by atoms with Gasteiger partial charge < -0.3 is 26.2 Å². The quantitative estimate of drug-likeness (QED) is 0.431. The molecule has 21 heavy (non-hydrogen) atoms. The molecule has 0 fully saturated rings. The van der Waals surface area contributed by atoms with Crippen molar-refractivity contribution in [3.63, 3.8) is 0 Å². The molecule has 0 aromatic rings. The molecule has 0 rings (SSSR count).